The number of nitrogens with one attached hydrogen (secondary N) is 1. The van der Waals surface area contributed by atoms with E-state index in [0.717, 1.165) is 42.6 Å². The summed E-state index contributed by atoms with van der Waals surface area (Å²) in [6.45, 7) is 9.15. The van der Waals surface area contributed by atoms with E-state index >= 15 is 0 Å². The molecule has 0 saturated heterocycles. The van der Waals surface area contributed by atoms with Crippen molar-refractivity contribution in [3.8, 4) is 0 Å². The highest BCUT2D eigenvalue weighted by atomic mass is 35.5. The Bertz CT molecular complexity index is 544. The van der Waals surface area contributed by atoms with E-state index in [-0.39, 0.29) is 5.91 Å². The molecule has 24 heavy (non-hydrogen) atoms. The third kappa shape index (κ3) is 6.40. The van der Waals surface area contributed by atoms with Gasteiger partial charge in [0.2, 0.25) is 5.91 Å². The molecule has 0 radical (unpaired) electrons. The number of amides is 1. The fraction of sp³-hybridized carbons (Fsp3) is 0.556. The van der Waals surface area contributed by atoms with Crippen molar-refractivity contribution < 1.29 is 4.79 Å². The molecule has 1 amide bonds. The molecule has 0 atom stereocenters. The first-order chi connectivity index (χ1) is 11.5. The van der Waals surface area contributed by atoms with Crippen molar-refractivity contribution in [1.29, 1.82) is 0 Å². The maximum Gasteiger partial charge on any atom is 0.242 e. The van der Waals surface area contributed by atoms with Gasteiger partial charge >= 0.3 is 0 Å². The van der Waals surface area contributed by atoms with Crippen LogP contribution in [0.15, 0.2) is 29.3 Å². The number of carbonyl (C=O) groups is 1. The highest BCUT2D eigenvalue weighted by Gasteiger charge is 2.14. The molecule has 0 aromatic heterocycles. The number of benzene rings is 1. The summed E-state index contributed by atoms with van der Waals surface area (Å²) in [6.07, 6.45) is 0.770. The maximum atomic E-state index is 12.2. The van der Waals surface area contributed by atoms with Crippen LogP contribution in [-0.2, 0) is 11.2 Å². The van der Waals surface area contributed by atoms with E-state index in [9.17, 15) is 4.79 Å². The van der Waals surface area contributed by atoms with Crippen LogP contribution in [0.25, 0.3) is 0 Å². The first-order valence-corrected chi connectivity index (χ1v) is 8.91. The Morgan fingerprint density at radius 2 is 1.88 bits per heavy atom. The fourth-order valence-electron chi connectivity index (χ4n) is 2.41. The highest BCUT2D eigenvalue weighted by molar-refractivity contribution is 6.31. The minimum absolute atomic E-state index is 0.110. The van der Waals surface area contributed by atoms with Gasteiger partial charge in [0.15, 0.2) is 5.96 Å². The molecule has 0 heterocycles. The standard InChI is InChI=1S/C18H29ClN4O/c1-5-20-18(22(4)14-17(24)23(6-2)7-3)21-13-12-15-10-8-9-11-16(15)19/h8-11H,5-7,12-14H2,1-4H3,(H,20,21). The zero-order chi connectivity index (χ0) is 17.9. The van der Waals surface area contributed by atoms with E-state index in [1.807, 2.05) is 61.9 Å². The van der Waals surface area contributed by atoms with E-state index in [2.05, 4.69) is 10.3 Å². The van der Waals surface area contributed by atoms with Crippen LogP contribution in [0.3, 0.4) is 0 Å². The number of hydrogen-bond acceptors (Lipinski definition) is 2. The molecule has 0 unspecified atom stereocenters. The molecule has 5 nitrogen and oxygen atoms in total. The summed E-state index contributed by atoms with van der Waals surface area (Å²) in [5.41, 5.74) is 1.08. The SMILES string of the molecule is CCNC(=NCCc1ccccc1Cl)N(C)CC(=O)N(CC)CC. The molecule has 1 aromatic rings. The minimum atomic E-state index is 0.110. The zero-order valence-corrected chi connectivity index (χ0v) is 15.9. The van der Waals surface area contributed by atoms with Crippen molar-refractivity contribution in [2.45, 2.75) is 27.2 Å². The Morgan fingerprint density at radius 3 is 2.46 bits per heavy atom. The summed E-state index contributed by atoms with van der Waals surface area (Å²) in [5.74, 6) is 0.851. The van der Waals surface area contributed by atoms with Gasteiger partial charge in [-0.15, -0.1) is 0 Å². The number of halogens is 1. The molecule has 1 rings (SSSR count). The van der Waals surface area contributed by atoms with Crippen LogP contribution in [0.5, 0.6) is 0 Å². The molecule has 0 saturated carbocycles. The van der Waals surface area contributed by atoms with Gasteiger partial charge in [-0.2, -0.15) is 0 Å². The van der Waals surface area contributed by atoms with Gasteiger partial charge in [0.05, 0.1) is 6.54 Å². The van der Waals surface area contributed by atoms with E-state index in [1.165, 1.54) is 0 Å². The Kier molecular flexibility index (Phi) is 9.23. The largest absolute Gasteiger partial charge is 0.357 e. The smallest absolute Gasteiger partial charge is 0.242 e. The Morgan fingerprint density at radius 1 is 1.21 bits per heavy atom. The first kappa shape index (κ1) is 20.3. The third-order valence-electron chi connectivity index (χ3n) is 3.79. The number of likely N-dealkylation sites (N-methyl/N-ethyl adjacent to an activating group) is 2. The lowest BCUT2D eigenvalue weighted by Gasteiger charge is -2.25. The highest BCUT2D eigenvalue weighted by Crippen LogP contribution is 2.15. The normalized spacial score (nSPS) is 11.3. The molecule has 1 aromatic carbocycles. The van der Waals surface area contributed by atoms with E-state index in [0.29, 0.717) is 13.1 Å². The van der Waals surface area contributed by atoms with Crippen LogP contribution in [0.4, 0.5) is 0 Å². The van der Waals surface area contributed by atoms with Gasteiger partial charge in [-0.3, -0.25) is 9.79 Å². The van der Waals surface area contributed by atoms with Gasteiger partial charge in [-0.25, -0.2) is 0 Å². The molecule has 0 aliphatic carbocycles. The first-order valence-electron chi connectivity index (χ1n) is 8.54. The lowest BCUT2D eigenvalue weighted by Crippen LogP contribution is -2.45. The summed E-state index contributed by atoms with van der Waals surface area (Å²) < 4.78 is 0. The number of aliphatic imine (C=N–C) groups is 1. The van der Waals surface area contributed by atoms with Crippen molar-refractivity contribution in [3.63, 3.8) is 0 Å². The minimum Gasteiger partial charge on any atom is -0.357 e. The van der Waals surface area contributed by atoms with Crippen LogP contribution in [0.1, 0.15) is 26.3 Å². The maximum absolute atomic E-state index is 12.2. The Hall–Kier alpha value is -1.75. The fourth-order valence-corrected chi connectivity index (χ4v) is 2.64. The predicted molar refractivity (Wildman–Crippen MR) is 102 cm³/mol. The van der Waals surface area contributed by atoms with E-state index in [1.54, 1.807) is 0 Å². The monoisotopic (exact) mass is 352 g/mol. The van der Waals surface area contributed by atoms with Gasteiger partial charge in [0, 0.05) is 38.2 Å². The Balaban J connectivity index is 2.67. The van der Waals surface area contributed by atoms with Crippen LogP contribution in [0, 0.1) is 0 Å². The molecule has 134 valence electrons. The van der Waals surface area contributed by atoms with Gasteiger partial charge in [0.1, 0.15) is 0 Å². The predicted octanol–water partition coefficient (Wildman–Crippen LogP) is 2.65. The van der Waals surface area contributed by atoms with Crippen molar-refractivity contribution >= 4 is 23.5 Å². The lowest BCUT2D eigenvalue weighted by atomic mass is 10.1. The van der Waals surface area contributed by atoms with Crippen LogP contribution in [0.2, 0.25) is 5.02 Å². The van der Waals surface area contributed by atoms with Gasteiger partial charge in [-0.1, -0.05) is 29.8 Å². The second kappa shape index (κ2) is 10.9. The molecule has 0 bridgehead atoms. The number of carbonyl (C=O) groups excluding carboxylic acids is 1. The zero-order valence-electron chi connectivity index (χ0n) is 15.2. The molecular formula is C18H29ClN4O. The van der Waals surface area contributed by atoms with Crippen LogP contribution >= 0.6 is 11.6 Å². The van der Waals surface area contributed by atoms with Crippen molar-refractivity contribution in [3.05, 3.63) is 34.9 Å². The van der Waals surface area contributed by atoms with Crippen molar-refractivity contribution in [1.82, 2.24) is 15.1 Å². The van der Waals surface area contributed by atoms with Gasteiger partial charge in [-0.05, 0) is 38.8 Å². The molecule has 0 fully saturated rings. The lowest BCUT2D eigenvalue weighted by molar-refractivity contribution is -0.131. The molecule has 0 aliphatic rings. The molecule has 0 aliphatic heterocycles. The average Bonchev–Trinajstić information content (AvgIpc) is 2.56. The van der Waals surface area contributed by atoms with E-state index in [4.69, 9.17) is 11.6 Å². The number of nitrogens with zero attached hydrogens (tertiary/aromatic N) is 3. The molecular weight excluding hydrogens is 324 g/mol. The van der Waals surface area contributed by atoms with Crippen molar-refractivity contribution in [2.24, 2.45) is 4.99 Å². The van der Waals surface area contributed by atoms with Gasteiger partial charge < -0.3 is 15.1 Å². The second-order valence-electron chi connectivity index (χ2n) is 5.50. The number of guanidine groups is 1. The molecule has 0 spiro atoms. The summed E-state index contributed by atoms with van der Waals surface area (Å²) in [5, 5.41) is 4.00. The number of rotatable bonds is 8. The summed E-state index contributed by atoms with van der Waals surface area (Å²) >= 11 is 6.17. The summed E-state index contributed by atoms with van der Waals surface area (Å²) in [7, 11) is 1.89. The topological polar surface area (TPSA) is 47.9 Å². The van der Waals surface area contributed by atoms with Crippen molar-refractivity contribution in [2.75, 3.05) is 39.8 Å². The molecule has 6 heteroatoms. The average molecular weight is 353 g/mol. The Labute approximate surface area is 150 Å². The quantitative estimate of drug-likeness (QED) is 0.578. The van der Waals surface area contributed by atoms with E-state index < -0.39 is 0 Å². The number of hydrogen-bond donors (Lipinski definition) is 1. The van der Waals surface area contributed by atoms with Crippen LogP contribution < -0.4 is 5.32 Å². The second-order valence-corrected chi connectivity index (χ2v) is 5.91. The van der Waals surface area contributed by atoms with Crippen LogP contribution in [-0.4, -0.2) is 61.4 Å². The molecule has 1 N–H and O–H groups in total. The third-order valence-corrected chi connectivity index (χ3v) is 4.15. The van der Waals surface area contributed by atoms with Gasteiger partial charge in [0.25, 0.3) is 0 Å². The summed E-state index contributed by atoms with van der Waals surface area (Å²) in [4.78, 5) is 20.6. The summed E-state index contributed by atoms with van der Waals surface area (Å²) in [6, 6.07) is 7.80.